The van der Waals surface area contributed by atoms with Gasteiger partial charge in [0.2, 0.25) is 0 Å². The largest absolute Gasteiger partial charge is 0.393 e. The van der Waals surface area contributed by atoms with E-state index in [1.54, 1.807) is 19.4 Å². The van der Waals surface area contributed by atoms with E-state index in [0.29, 0.717) is 5.02 Å². The average molecular weight is 170 g/mol. The van der Waals surface area contributed by atoms with Crippen LogP contribution in [0.15, 0.2) is 24.3 Å². The number of benzene rings is 1. The van der Waals surface area contributed by atoms with Crippen LogP contribution in [-0.2, 0) is 0 Å². The van der Waals surface area contributed by atoms with Crippen molar-refractivity contribution in [1.82, 2.24) is 0 Å². The van der Waals surface area contributed by atoms with Crippen molar-refractivity contribution in [2.45, 2.75) is 13.0 Å². The van der Waals surface area contributed by atoms with Crippen LogP contribution in [0.4, 0.5) is 0 Å². The van der Waals surface area contributed by atoms with Crippen LogP contribution in [0.2, 0.25) is 5.02 Å². The molecule has 0 spiro atoms. The number of aliphatic hydroxyl groups is 1. The summed E-state index contributed by atoms with van der Waals surface area (Å²) in [6, 6.07) is 7.42. The number of rotatable bonds is 2. The van der Waals surface area contributed by atoms with Crippen molar-refractivity contribution in [3.05, 3.63) is 41.3 Å². The van der Waals surface area contributed by atoms with Gasteiger partial charge < -0.3 is 5.11 Å². The number of halogens is 1. The first-order valence-corrected chi connectivity index (χ1v) is 3.85. The molecular weight excluding hydrogens is 160 g/mol. The predicted molar refractivity (Wildman–Crippen MR) is 46.5 cm³/mol. The number of hydrogen-bond acceptors (Lipinski definition) is 1. The topological polar surface area (TPSA) is 20.2 Å². The highest BCUT2D eigenvalue weighted by Crippen LogP contribution is 2.17. The zero-order valence-electron chi connectivity index (χ0n) is 6.29. The Kier molecular flexibility index (Phi) is 2.92. The summed E-state index contributed by atoms with van der Waals surface area (Å²) in [5.74, 6) is 0. The fourth-order valence-corrected chi connectivity index (χ4v) is 1.07. The van der Waals surface area contributed by atoms with E-state index in [9.17, 15) is 0 Å². The van der Waals surface area contributed by atoms with Crippen molar-refractivity contribution in [2.24, 2.45) is 0 Å². The van der Waals surface area contributed by atoms with Gasteiger partial charge in [-0.15, -0.1) is 0 Å². The first kappa shape index (κ1) is 8.57. The van der Waals surface area contributed by atoms with Crippen LogP contribution in [0.3, 0.4) is 0 Å². The lowest BCUT2D eigenvalue weighted by Gasteiger charge is -2.04. The van der Waals surface area contributed by atoms with Gasteiger partial charge in [-0.25, -0.2) is 0 Å². The van der Waals surface area contributed by atoms with Crippen molar-refractivity contribution in [3.8, 4) is 0 Å². The fraction of sp³-hybridized carbons (Fsp3) is 0.222. The molecule has 0 aliphatic carbocycles. The molecule has 0 aliphatic heterocycles. The lowest BCUT2D eigenvalue weighted by molar-refractivity contribution is 0.231. The van der Waals surface area contributed by atoms with Gasteiger partial charge in [-0.3, -0.25) is 0 Å². The molecule has 1 aromatic rings. The summed E-state index contributed by atoms with van der Waals surface area (Å²) in [5, 5.41) is 9.69. The second kappa shape index (κ2) is 3.74. The van der Waals surface area contributed by atoms with Crippen LogP contribution in [0.5, 0.6) is 0 Å². The summed E-state index contributed by atoms with van der Waals surface area (Å²) in [4.78, 5) is 0. The normalized spacial score (nSPS) is 13.0. The van der Waals surface area contributed by atoms with Crippen LogP contribution in [0.25, 0.3) is 0 Å². The first-order valence-electron chi connectivity index (χ1n) is 3.47. The third-order valence-electron chi connectivity index (χ3n) is 1.33. The molecule has 1 atom stereocenters. The van der Waals surface area contributed by atoms with Gasteiger partial charge in [0.15, 0.2) is 0 Å². The molecule has 1 N–H and O–H groups in total. The van der Waals surface area contributed by atoms with E-state index in [2.05, 4.69) is 0 Å². The molecule has 0 bridgehead atoms. The van der Waals surface area contributed by atoms with Crippen LogP contribution >= 0.6 is 11.6 Å². The lowest BCUT2D eigenvalue weighted by atomic mass is 10.1. The zero-order chi connectivity index (χ0) is 8.27. The van der Waals surface area contributed by atoms with E-state index in [4.69, 9.17) is 16.7 Å². The minimum atomic E-state index is -0.449. The standard InChI is InChI=1S/C9H10ClO/c1-7(11)6-8-4-2-3-5-9(8)10/h2-7,11H,1H3. The highest BCUT2D eigenvalue weighted by Gasteiger charge is 2.02. The fourth-order valence-electron chi connectivity index (χ4n) is 0.870. The molecule has 1 aromatic carbocycles. The molecule has 0 fully saturated rings. The number of hydrogen-bond donors (Lipinski definition) is 1. The molecule has 11 heavy (non-hydrogen) atoms. The van der Waals surface area contributed by atoms with E-state index in [1.165, 1.54) is 0 Å². The summed E-state index contributed by atoms with van der Waals surface area (Å²) in [5.41, 5.74) is 0.879. The Morgan fingerprint density at radius 2 is 2.09 bits per heavy atom. The molecule has 0 heterocycles. The monoisotopic (exact) mass is 169 g/mol. The summed E-state index contributed by atoms with van der Waals surface area (Å²) in [6.45, 7) is 1.70. The summed E-state index contributed by atoms with van der Waals surface area (Å²) >= 11 is 5.83. The minimum absolute atomic E-state index is 0.449. The Morgan fingerprint density at radius 3 is 2.64 bits per heavy atom. The Hall–Kier alpha value is -0.530. The van der Waals surface area contributed by atoms with Crippen molar-refractivity contribution in [2.75, 3.05) is 0 Å². The van der Waals surface area contributed by atoms with Gasteiger partial charge in [0, 0.05) is 11.4 Å². The SMILES string of the molecule is CC(O)[CH]c1ccccc1Cl. The van der Waals surface area contributed by atoms with Crippen molar-refractivity contribution in [3.63, 3.8) is 0 Å². The van der Waals surface area contributed by atoms with Gasteiger partial charge in [0.25, 0.3) is 0 Å². The quantitative estimate of drug-likeness (QED) is 0.720. The third-order valence-corrected chi connectivity index (χ3v) is 1.67. The number of aliphatic hydroxyl groups excluding tert-OH is 1. The van der Waals surface area contributed by atoms with E-state index in [0.717, 1.165) is 5.56 Å². The van der Waals surface area contributed by atoms with Crippen LogP contribution in [0, 0.1) is 6.42 Å². The molecule has 1 rings (SSSR count). The zero-order valence-corrected chi connectivity index (χ0v) is 7.05. The van der Waals surface area contributed by atoms with Crippen LogP contribution in [-0.4, -0.2) is 11.2 Å². The smallest absolute Gasteiger partial charge is 0.0588 e. The molecule has 1 radical (unpaired) electrons. The Morgan fingerprint density at radius 1 is 1.45 bits per heavy atom. The first-order chi connectivity index (χ1) is 5.20. The summed E-state index contributed by atoms with van der Waals surface area (Å²) in [6.07, 6.45) is 1.26. The molecule has 0 aromatic heterocycles. The van der Waals surface area contributed by atoms with E-state index in [-0.39, 0.29) is 0 Å². The van der Waals surface area contributed by atoms with E-state index >= 15 is 0 Å². The molecule has 59 valence electrons. The second-order valence-electron chi connectivity index (χ2n) is 2.43. The molecule has 0 amide bonds. The Balaban J connectivity index is 2.78. The highest BCUT2D eigenvalue weighted by atomic mass is 35.5. The molecule has 0 aliphatic rings. The van der Waals surface area contributed by atoms with Gasteiger partial charge in [-0.2, -0.15) is 0 Å². The molecule has 0 saturated heterocycles. The molecule has 1 nitrogen and oxygen atoms in total. The van der Waals surface area contributed by atoms with Crippen molar-refractivity contribution in [1.29, 1.82) is 0 Å². The van der Waals surface area contributed by atoms with Gasteiger partial charge in [-0.1, -0.05) is 29.8 Å². The molecular formula is C9H10ClO. The predicted octanol–water partition coefficient (Wildman–Crippen LogP) is 2.27. The molecule has 2 heteroatoms. The lowest BCUT2D eigenvalue weighted by Crippen LogP contribution is -2.01. The maximum Gasteiger partial charge on any atom is 0.0588 e. The summed E-state index contributed by atoms with van der Waals surface area (Å²) in [7, 11) is 0. The van der Waals surface area contributed by atoms with Gasteiger partial charge in [-0.05, 0) is 18.6 Å². The molecule has 1 unspecified atom stereocenters. The van der Waals surface area contributed by atoms with Gasteiger partial charge in [0.1, 0.15) is 0 Å². The van der Waals surface area contributed by atoms with Gasteiger partial charge >= 0.3 is 0 Å². The van der Waals surface area contributed by atoms with Gasteiger partial charge in [0.05, 0.1) is 6.10 Å². The maximum absolute atomic E-state index is 9.02. The summed E-state index contributed by atoms with van der Waals surface area (Å²) < 4.78 is 0. The second-order valence-corrected chi connectivity index (χ2v) is 2.84. The van der Waals surface area contributed by atoms with Crippen molar-refractivity contribution >= 4 is 11.6 Å². The molecule has 0 saturated carbocycles. The minimum Gasteiger partial charge on any atom is -0.393 e. The van der Waals surface area contributed by atoms with E-state index in [1.807, 2.05) is 18.2 Å². The van der Waals surface area contributed by atoms with E-state index < -0.39 is 6.10 Å². The van der Waals surface area contributed by atoms with Crippen molar-refractivity contribution < 1.29 is 5.11 Å². The maximum atomic E-state index is 9.02. The average Bonchev–Trinajstić information content (AvgIpc) is 1.93. The third kappa shape index (κ3) is 2.52. The Bertz CT molecular complexity index is 233. The Labute approximate surface area is 71.6 Å². The highest BCUT2D eigenvalue weighted by molar-refractivity contribution is 6.31. The van der Waals surface area contributed by atoms with Crippen LogP contribution in [0.1, 0.15) is 12.5 Å². The van der Waals surface area contributed by atoms with Crippen LogP contribution < -0.4 is 0 Å².